The molecular weight excluding hydrogens is 318 g/mol. The predicted molar refractivity (Wildman–Crippen MR) is 89.0 cm³/mol. The highest BCUT2D eigenvalue weighted by Gasteiger charge is 2.60. The van der Waals surface area contributed by atoms with E-state index in [4.69, 9.17) is 0 Å². The zero-order valence-electron chi connectivity index (χ0n) is 14.0. The Bertz CT molecular complexity index is 728. The number of amides is 2. The molecular formula is C20H21NO4. The number of aliphatic carboxylic acids is 1. The number of benzene rings is 1. The normalized spacial score (nSPS) is 36.6. The maximum Gasteiger partial charge on any atom is 0.327 e. The minimum absolute atomic E-state index is 0.337. The Balaban J connectivity index is 1.58. The average molecular weight is 339 g/mol. The minimum Gasteiger partial charge on any atom is -0.480 e. The van der Waals surface area contributed by atoms with Crippen molar-refractivity contribution in [2.45, 2.75) is 44.6 Å². The second kappa shape index (κ2) is 4.93. The second-order valence-corrected chi connectivity index (χ2v) is 8.55. The van der Waals surface area contributed by atoms with E-state index in [9.17, 15) is 19.5 Å². The van der Waals surface area contributed by atoms with Crippen molar-refractivity contribution in [2.75, 3.05) is 0 Å². The van der Waals surface area contributed by atoms with Gasteiger partial charge in [0.05, 0.1) is 11.1 Å². The molecule has 25 heavy (non-hydrogen) atoms. The molecule has 1 heterocycles. The summed E-state index contributed by atoms with van der Waals surface area (Å²) in [4.78, 5) is 39.1. The van der Waals surface area contributed by atoms with Crippen molar-refractivity contribution in [3.8, 4) is 0 Å². The Morgan fingerprint density at radius 2 is 1.40 bits per heavy atom. The van der Waals surface area contributed by atoms with Crippen molar-refractivity contribution in [2.24, 2.45) is 23.2 Å². The summed E-state index contributed by atoms with van der Waals surface area (Å²) in [6, 6.07) is 5.64. The van der Waals surface area contributed by atoms with Crippen LogP contribution in [0.5, 0.6) is 0 Å². The molecule has 0 saturated heterocycles. The fourth-order valence-electron chi connectivity index (χ4n) is 6.60. The molecule has 4 saturated carbocycles. The van der Waals surface area contributed by atoms with E-state index >= 15 is 0 Å². The van der Waals surface area contributed by atoms with Gasteiger partial charge < -0.3 is 5.11 Å². The largest absolute Gasteiger partial charge is 0.480 e. The van der Waals surface area contributed by atoms with Gasteiger partial charge in [-0.05, 0) is 68.4 Å². The Morgan fingerprint density at radius 3 is 1.80 bits per heavy atom. The van der Waals surface area contributed by atoms with E-state index in [1.54, 1.807) is 24.3 Å². The number of imide groups is 1. The van der Waals surface area contributed by atoms with Gasteiger partial charge in [-0.3, -0.25) is 14.5 Å². The average Bonchev–Trinajstić information content (AvgIpc) is 2.79. The first-order valence-electron chi connectivity index (χ1n) is 9.18. The standard InChI is InChI=1S/C20H21NO4/c22-17-14-3-1-2-4-15(14)18(23)21(17)16(19(24)25)20-8-11-5-12(9-20)7-13(6-11)10-20/h1-4,11-13,16H,5-10H2,(H,24,25)/t11?,12?,13?,16-,20?/m1/s1. The Morgan fingerprint density at radius 1 is 0.960 bits per heavy atom. The van der Waals surface area contributed by atoms with E-state index in [2.05, 4.69) is 0 Å². The SMILES string of the molecule is O=C(O)[C@@H](N1C(=O)c2ccccc2C1=O)C12CC3CC(CC(C3)C1)C2. The van der Waals surface area contributed by atoms with Crippen molar-refractivity contribution in [1.82, 2.24) is 4.90 Å². The molecule has 5 heteroatoms. The van der Waals surface area contributed by atoms with Gasteiger partial charge in [-0.1, -0.05) is 12.1 Å². The molecule has 0 spiro atoms. The summed E-state index contributed by atoms with van der Waals surface area (Å²) in [6.07, 6.45) is 6.07. The van der Waals surface area contributed by atoms with Crippen LogP contribution in [0.1, 0.15) is 59.2 Å². The highest BCUT2D eigenvalue weighted by Crippen LogP contribution is 2.62. The minimum atomic E-state index is -1.03. The number of rotatable bonds is 3. The molecule has 1 aromatic carbocycles. The topological polar surface area (TPSA) is 74.7 Å². The molecule has 0 aromatic heterocycles. The van der Waals surface area contributed by atoms with Crippen molar-refractivity contribution < 1.29 is 19.5 Å². The maximum absolute atomic E-state index is 12.9. The second-order valence-electron chi connectivity index (χ2n) is 8.55. The summed E-state index contributed by atoms with van der Waals surface area (Å²) in [5, 5.41) is 10.1. The van der Waals surface area contributed by atoms with E-state index in [-0.39, 0.29) is 0 Å². The van der Waals surface area contributed by atoms with Crippen LogP contribution in [0.25, 0.3) is 0 Å². The van der Waals surface area contributed by atoms with Crippen LogP contribution in [0.4, 0.5) is 0 Å². The molecule has 1 aliphatic heterocycles. The quantitative estimate of drug-likeness (QED) is 0.859. The number of carboxylic acid groups (broad SMARTS) is 1. The first-order valence-corrected chi connectivity index (χ1v) is 9.18. The molecule has 0 unspecified atom stereocenters. The van der Waals surface area contributed by atoms with Gasteiger partial charge >= 0.3 is 5.97 Å². The molecule has 1 atom stereocenters. The lowest BCUT2D eigenvalue weighted by Crippen LogP contribution is -2.61. The fraction of sp³-hybridized carbons (Fsp3) is 0.550. The number of carbonyl (C=O) groups is 3. The maximum atomic E-state index is 12.9. The molecule has 130 valence electrons. The highest BCUT2D eigenvalue weighted by atomic mass is 16.4. The smallest absolute Gasteiger partial charge is 0.327 e. The van der Waals surface area contributed by atoms with Crippen LogP contribution in [-0.4, -0.2) is 33.8 Å². The van der Waals surface area contributed by atoms with Crippen molar-refractivity contribution in [1.29, 1.82) is 0 Å². The lowest BCUT2D eigenvalue weighted by Gasteiger charge is -2.59. The summed E-state index contributed by atoms with van der Waals surface area (Å²) in [5.41, 5.74) is 0.237. The molecule has 4 fully saturated rings. The number of carbonyl (C=O) groups excluding carboxylic acids is 2. The third kappa shape index (κ3) is 1.98. The Labute approximate surface area is 146 Å². The number of hydrogen-bond acceptors (Lipinski definition) is 3. The lowest BCUT2D eigenvalue weighted by molar-refractivity contribution is -0.156. The number of carboxylic acids is 1. The number of hydrogen-bond donors (Lipinski definition) is 1. The van der Waals surface area contributed by atoms with Crippen LogP contribution in [0.3, 0.4) is 0 Å². The van der Waals surface area contributed by atoms with Gasteiger partial charge in [-0.25, -0.2) is 4.79 Å². The molecule has 1 N–H and O–H groups in total. The highest BCUT2D eigenvalue weighted by molar-refractivity contribution is 6.22. The van der Waals surface area contributed by atoms with Gasteiger partial charge in [-0.2, -0.15) is 0 Å². The van der Waals surface area contributed by atoms with Gasteiger partial charge in [0.2, 0.25) is 0 Å². The van der Waals surface area contributed by atoms with Crippen molar-refractivity contribution in [3.63, 3.8) is 0 Å². The summed E-state index contributed by atoms with van der Waals surface area (Å²) >= 11 is 0. The van der Waals surface area contributed by atoms with Gasteiger partial charge in [0.15, 0.2) is 0 Å². The van der Waals surface area contributed by atoms with Gasteiger partial charge in [-0.15, -0.1) is 0 Å². The summed E-state index contributed by atoms with van der Waals surface area (Å²) in [6.45, 7) is 0. The molecule has 4 bridgehead atoms. The monoisotopic (exact) mass is 339 g/mol. The van der Waals surface area contributed by atoms with E-state index in [1.807, 2.05) is 0 Å². The lowest BCUT2D eigenvalue weighted by atomic mass is 9.47. The van der Waals surface area contributed by atoms with E-state index < -0.39 is 29.2 Å². The summed E-state index contributed by atoms with van der Waals surface area (Å²) in [7, 11) is 0. The predicted octanol–water partition coefficient (Wildman–Crippen LogP) is 2.95. The molecule has 1 aromatic rings. The molecule has 5 nitrogen and oxygen atoms in total. The molecule has 2 amide bonds. The van der Waals surface area contributed by atoms with E-state index in [0.29, 0.717) is 28.9 Å². The van der Waals surface area contributed by atoms with Crippen LogP contribution >= 0.6 is 0 Å². The number of fused-ring (bicyclic) bond motifs is 1. The van der Waals surface area contributed by atoms with Crippen molar-refractivity contribution in [3.05, 3.63) is 35.4 Å². The molecule has 5 aliphatic rings. The zero-order chi connectivity index (χ0) is 17.3. The molecule has 0 radical (unpaired) electrons. The van der Waals surface area contributed by atoms with Crippen LogP contribution in [0, 0.1) is 23.2 Å². The van der Waals surface area contributed by atoms with Crippen molar-refractivity contribution >= 4 is 17.8 Å². The van der Waals surface area contributed by atoms with Crippen LogP contribution in [0.2, 0.25) is 0 Å². The zero-order valence-corrected chi connectivity index (χ0v) is 14.0. The van der Waals surface area contributed by atoms with E-state index in [0.717, 1.165) is 24.2 Å². The van der Waals surface area contributed by atoms with E-state index in [1.165, 1.54) is 19.3 Å². The molecule has 4 aliphatic carbocycles. The third-order valence-corrected chi connectivity index (χ3v) is 6.98. The van der Waals surface area contributed by atoms with Crippen LogP contribution in [-0.2, 0) is 4.79 Å². The Kier molecular flexibility index (Phi) is 2.98. The summed E-state index contributed by atoms with van der Waals surface area (Å²) < 4.78 is 0. The fourth-order valence-corrected chi connectivity index (χ4v) is 6.60. The van der Waals surface area contributed by atoms with Crippen LogP contribution < -0.4 is 0 Å². The third-order valence-electron chi connectivity index (χ3n) is 6.98. The Hall–Kier alpha value is -2.17. The first kappa shape index (κ1) is 15.1. The van der Waals surface area contributed by atoms with Gasteiger partial charge in [0.1, 0.15) is 6.04 Å². The molecule has 6 rings (SSSR count). The number of nitrogens with zero attached hydrogens (tertiary/aromatic N) is 1. The van der Waals surface area contributed by atoms with Gasteiger partial charge in [0, 0.05) is 5.41 Å². The van der Waals surface area contributed by atoms with Crippen LogP contribution in [0.15, 0.2) is 24.3 Å². The van der Waals surface area contributed by atoms with Gasteiger partial charge in [0.25, 0.3) is 11.8 Å². The first-order chi connectivity index (χ1) is 12.0. The summed E-state index contributed by atoms with van der Waals surface area (Å²) in [5.74, 6) is -0.237.